The Morgan fingerprint density at radius 1 is 1.23 bits per heavy atom. The van der Waals surface area contributed by atoms with Crippen LogP contribution in [0.4, 0.5) is 15.5 Å². The van der Waals surface area contributed by atoms with Crippen molar-refractivity contribution >= 4 is 29.2 Å². The molecule has 2 amide bonds. The van der Waals surface area contributed by atoms with Gasteiger partial charge in [-0.15, -0.1) is 4.90 Å². The second-order valence-corrected chi connectivity index (χ2v) is 8.00. The summed E-state index contributed by atoms with van der Waals surface area (Å²) in [5, 5.41) is 29.6. The molecule has 5 atom stereocenters. The monoisotopic (exact) mass is 436 g/mol. The van der Waals surface area contributed by atoms with Crippen molar-refractivity contribution in [1.82, 2.24) is 14.5 Å². The van der Waals surface area contributed by atoms with E-state index in [1.54, 1.807) is 37.6 Å². The molecule has 2 aromatic heterocycles. The molecule has 0 saturated carbocycles. The number of hydrogen-bond donors (Lipinski definition) is 3. The minimum atomic E-state index is -1.72. The zero-order valence-corrected chi connectivity index (χ0v) is 17.4. The van der Waals surface area contributed by atoms with Crippen LogP contribution in [0, 0.1) is 6.92 Å². The summed E-state index contributed by atoms with van der Waals surface area (Å²) in [6, 6.07) is 1.73. The molecule has 0 bridgehead atoms. The molecule has 2 aliphatic rings. The molecule has 2 aliphatic heterocycles. The van der Waals surface area contributed by atoms with Crippen LogP contribution < -0.4 is 4.90 Å². The number of aliphatic hydroxyl groups is 1. The van der Waals surface area contributed by atoms with Crippen molar-refractivity contribution in [3.8, 4) is 0 Å². The van der Waals surface area contributed by atoms with Crippen LogP contribution in [0.5, 0.6) is 0 Å². The highest BCUT2D eigenvalue weighted by Crippen LogP contribution is 2.45. The molecular weight excluding hydrogens is 412 g/mol. The van der Waals surface area contributed by atoms with E-state index in [0.717, 1.165) is 0 Å². The molecule has 2 saturated heterocycles. The molecule has 0 aromatic carbocycles. The van der Waals surface area contributed by atoms with Crippen LogP contribution in [0.3, 0.4) is 0 Å². The summed E-state index contributed by atoms with van der Waals surface area (Å²) in [7, 11) is 0. The molecule has 2 aromatic rings. The first-order valence-electron chi connectivity index (χ1n) is 9.84. The summed E-state index contributed by atoms with van der Waals surface area (Å²) in [6.45, 7) is 7.00. The maximum absolute atomic E-state index is 11.4. The van der Waals surface area contributed by atoms with Gasteiger partial charge in [-0.2, -0.15) is 4.98 Å². The summed E-state index contributed by atoms with van der Waals surface area (Å²) in [6.07, 6.45) is -4.55. The van der Waals surface area contributed by atoms with E-state index in [2.05, 4.69) is 9.97 Å². The van der Waals surface area contributed by atoms with Gasteiger partial charge in [-0.1, -0.05) is 6.92 Å². The van der Waals surface area contributed by atoms with Crippen LogP contribution in [0.2, 0.25) is 0 Å². The zero-order chi connectivity index (χ0) is 22.7. The van der Waals surface area contributed by atoms with Gasteiger partial charge in [0, 0.05) is 11.6 Å². The van der Waals surface area contributed by atoms with E-state index < -0.39 is 54.6 Å². The Balaban J connectivity index is 1.80. The van der Waals surface area contributed by atoms with Crippen LogP contribution >= 0.6 is 0 Å². The highest BCUT2D eigenvalue weighted by molar-refractivity contribution is 6.06. The molecule has 12 heteroatoms. The molecule has 4 rings (SSSR count). The Kier molecular flexibility index (Phi) is 5.12. The first kappa shape index (κ1) is 21.4. The Morgan fingerprint density at radius 3 is 2.48 bits per heavy atom. The second-order valence-electron chi connectivity index (χ2n) is 8.00. The van der Waals surface area contributed by atoms with Gasteiger partial charge in [0.25, 0.3) is 0 Å². The fourth-order valence-electron chi connectivity index (χ4n) is 4.10. The number of rotatable bonds is 4. The van der Waals surface area contributed by atoms with E-state index in [-0.39, 0.29) is 10.5 Å². The molecular formula is C19H24N4O8. The van der Waals surface area contributed by atoms with Gasteiger partial charge in [-0.05, 0) is 33.3 Å². The van der Waals surface area contributed by atoms with E-state index in [4.69, 9.17) is 14.2 Å². The van der Waals surface area contributed by atoms with Gasteiger partial charge >= 0.3 is 12.2 Å². The average molecular weight is 436 g/mol. The van der Waals surface area contributed by atoms with Gasteiger partial charge in [0.05, 0.1) is 11.8 Å². The topological polar surface area (TPSA) is 156 Å². The van der Waals surface area contributed by atoms with Crippen molar-refractivity contribution in [3.05, 3.63) is 18.0 Å². The number of anilines is 1. The van der Waals surface area contributed by atoms with Crippen molar-refractivity contribution in [2.24, 2.45) is 0 Å². The van der Waals surface area contributed by atoms with E-state index in [0.29, 0.717) is 17.5 Å². The predicted molar refractivity (Wildman–Crippen MR) is 105 cm³/mol. The molecule has 0 aliphatic carbocycles. The first-order valence-corrected chi connectivity index (χ1v) is 9.84. The number of nitrogens with zero attached hydrogens (tertiary/aromatic N) is 4. The summed E-state index contributed by atoms with van der Waals surface area (Å²) in [5.74, 6) is -1.38. The van der Waals surface area contributed by atoms with Gasteiger partial charge in [0.15, 0.2) is 12.0 Å². The average Bonchev–Trinajstić information content (AvgIpc) is 3.31. The van der Waals surface area contributed by atoms with Gasteiger partial charge in [-0.25, -0.2) is 14.6 Å². The molecule has 12 nitrogen and oxygen atoms in total. The van der Waals surface area contributed by atoms with E-state index >= 15 is 0 Å². The lowest BCUT2D eigenvalue weighted by Crippen LogP contribution is -2.38. The number of ether oxygens (including phenoxy) is 3. The maximum atomic E-state index is 11.4. The number of carboxylic acid groups (broad SMARTS) is 2. The summed E-state index contributed by atoms with van der Waals surface area (Å²) in [4.78, 5) is 31.1. The molecule has 168 valence electrons. The number of amides is 2. The van der Waals surface area contributed by atoms with Crippen molar-refractivity contribution in [2.75, 3.05) is 4.90 Å². The standard InChI is InChI=1S/C19H24N4O8/c1-5-10(24)11-12-13(31-19(3,4)30-12)15(29-11)22-7-6-9-8(2)20-16(21-14(9)22)23(17(25)26)18(27)28/h6-7,10-13,15,24H,5H2,1-4H3,(H,25,26)(H,27,28)/t10-,11-,12-,13-,15-/m1/s1. The summed E-state index contributed by atoms with van der Waals surface area (Å²) < 4.78 is 19.8. The first-order chi connectivity index (χ1) is 14.5. The number of hydrogen-bond acceptors (Lipinski definition) is 8. The highest BCUT2D eigenvalue weighted by atomic mass is 16.8. The van der Waals surface area contributed by atoms with Crippen LogP contribution in [-0.2, 0) is 14.2 Å². The Labute approximate surface area is 177 Å². The van der Waals surface area contributed by atoms with Crippen LogP contribution in [-0.4, -0.2) is 72.2 Å². The highest BCUT2D eigenvalue weighted by Gasteiger charge is 2.57. The van der Waals surface area contributed by atoms with Gasteiger partial charge in [0.1, 0.15) is 24.0 Å². The SMILES string of the molecule is CC[C@@H](O)[C@H]1O[C@@H](n2ccc3c(C)nc(N(C(=O)O)C(=O)O)nc32)[C@@H]2OC(C)(C)O[C@@H]21. The van der Waals surface area contributed by atoms with E-state index in [1.807, 2.05) is 6.92 Å². The number of imide groups is 1. The largest absolute Gasteiger partial charge is 0.464 e. The number of aromatic nitrogens is 3. The predicted octanol–water partition coefficient (Wildman–Crippen LogP) is 2.09. The van der Waals surface area contributed by atoms with Crippen LogP contribution in [0.1, 0.15) is 39.1 Å². The zero-order valence-electron chi connectivity index (χ0n) is 17.4. The smallest absolute Gasteiger partial charge is 0.424 e. The normalized spacial score (nSPS) is 27.9. The van der Waals surface area contributed by atoms with Crippen molar-refractivity contribution < 1.29 is 39.1 Å². The summed E-state index contributed by atoms with van der Waals surface area (Å²) >= 11 is 0. The number of aliphatic hydroxyl groups excluding tert-OH is 1. The van der Waals surface area contributed by atoms with Crippen molar-refractivity contribution in [1.29, 1.82) is 0 Å². The van der Waals surface area contributed by atoms with Gasteiger partial charge in [-0.3, -0.25) is 0 Å². The van der Waals surface area contributed by atoms with Crippen molar-refractivity contribution in [3.63, 3.8) is 0 Å². The molecule has 0 unspecified atom stereocenters. The second kappa shape index (κ2) is 7.41. The molecule has 31 heavy (non-hydrogen) atoms. The van der Waals surface area contributed by atoms with Gasteiger partial charge < -0.3 is 34.1 Å². The lowest BCUT2D eigenvalue weighted by Gasteiger charge is -2.26. The Morgan fingerprint density at radius 2 is 1.87 bits per heavy atom. The minimum Gasteiger partial charge on any atom is -0.464 e. The van der Waals surface area contributed by atoms with Gasteiger partial charge in [0.2, 0.25) is 5.95 Å². The Hall–Kier alpha value is -2.80. The number of fused-ring (bicyclic) bond motifs is 2. The molecule has 4 heterocycles. The molecule has 2 fully saturated rings. The third kappa shape index (κ3) is 3.51. The molecule has 0 radical (unpaired) electrons. The fraction of sp³-hybridized carbons (Fsp3) is 0.579. The molecule has 0 spiro atoms. The minimum absolute atomic E-state index is 0.0457. The summed E-state index contributed by atoms with van der Waals surface area (Å²) in [5.41, 5.74) is 0.675. The van der Waals surface area contributed by atoms with Crippen LogP contribution in [0.15, 0.2) is 12.3 Å². The van der Waals surface area contributed by atoms with Crippen molar-refractivity contribution in [2.45, 2.75) is 70.5 Å². The lowest BCUT2D eigenvalue weighted by molar-refractivity contribution is -0.206. The number of carbonyl (C=O) groups is 2. The molecule has 3 N–H and O–H groups in total. The fourth-order valence-corrected chi connectivity index (χ4v) is 4.10. The maximum Gasteiger partial charge on any atom is 0.424 e. The number of aryl methyl sites for hydroxylation is 1. The lowest BCUT2D eigenvalue weighted by atomic mass is 10.0. The quantitative estimate of drug-likeness (QED) is 0.648. The van der Waals surface area contributed by atoms with E-state index in [1.165, 1.54) is 0 Å². The third-order valence-corrected chi connectivity index (χ3v) is 5.47. The van der Waals surface area contributed by atoms with E-state index in [9.17, 15) is 24.9 Å². The van der Waals surface area contributed by atoms with Crippen LogP contribution in [0.25, 0.3) is 11.0 Å². The Bertz CT molecular complexity index is 1020. The third-order valence-electron chi connectivity index (χ3n) is 5.47.